The first-order valence-corrected chi connectivity index (χ1v) is 9.58. The third-order valence-electron chi connectivity index (χ3n) is 4.61. The van der Waals surface area contributed by atoms with Crippen molar-refractivity contribution in [3.8, 4) is 0 Å². The first kappa shape index (κ1) is 17.2. The maximum Gasteiger partial charge on any atom is 0.253 e. The summed E-state index contributed by atoms with van der Waals surface area (Å²) in [5.74, 6) is -0.399. The van der Waals surface area contributed by atoms with E-state index in [9.17, 15) is 9.18 Å². The van der Waals surface area contributed by atoms with Gasteiger partial charge in [-0.15, -0.1) is 0 Å². The van der Waals surface area contributed by atoms with Crippen molar-refractivity contribution < 1.29 is 9.18 Å². The standard InChI is InChI=1S/C19H17ClFN3OS/c1-12-2-7-15(20)17-16(12)22-19(26-17)24-10-8-23(9-11-24)18(25)13-3-5-14(21)6-4-13/h2-7H,8-11H2,1H3. The summed E-state index contributed by atoms with van der Waals surface area (Å²) in [5, 5.41) is 1.66. The van der Waals surface area contributed by atoms with Gasteiger partial charge in [0.15, 0.2) is 5.13 Å². The number of carbonyl (C=O) groups excluding carboxylic acids is 1. The summed E-state index contributed by atoms with van der Waals surface area (Å²) in [6.45, 7) is 4.67. The number of rotatable bonds is 2. The first-order chi connectivity index (χ1) is 12.5. The molecule has 2 aromatic carbocycles. The van der Waals surface area contributed by atoms with Crippen molar-refractivity contribution in [2.45, 2.75) is 6.92 Å². The van der Waals surface area contributed by atoms with Gasteiger partial charge in [-0.25, -0.2) is 9.37 Å². The van der Waals surface area contributed by atoms with Crippen LogP contribution in [0.2, 0.25) is 5.02 Å². The molecule has 1 aromatic heterocycles. The molecule has 0 N–H and O–H groups in total. The number of amides is 1. The minimum Gasteiger partial charge on any atom is -0.345 e. The van der Waals surface area contributed by atoms with Crippen LogP contribution in [0.15, 0.2) is 36.4 Å². The van der Waals surface area contributed by atoms with E-state index in [-0.39, 0.29) is 11.7 Å². The zero-order valence-corrected chi connectivity index (χ0v) is 15.8. The fourth-order valence-corrected chi connectivity index (χ4v) is 4.47. The van der Waals surface area contributed by atoms with Crippen molar-refractivity contribution in [3.63, 3.8) is 0 Å². The second kappa shape index (κ2) is 6.85. The number of anilines is 1. The van der Waals surface area contributed by atoms with E-state index in [4.69, 9.17) is 16.6 Å². The Balaban J connectivity index is 1.48. The molecule has 1 amide bonds. The Morgan fingerprint density at radius 2 is 1.81 bits per heavy atom. The zero-order valence-electron chi connectivity index (χ0n) is 14.2. The van der Waals surface area contributed by atoms with E-state index in [1.165, 1.54) is 24.3 Å². The van der Waals surface area contributed by atoms with Crippen LogP contribution in [0.1, 0.15) is 15.9 Å². The lowest BCUT2D eigenvalue weighted by Gasteiger charge is -2.34. The third-order valence-corrected chi connectivity index (χ3v) is 6.19. The van der Waals surface area contributed by atoms with E-state index in [0.717, 1.165) is 25.9 Å². The summed E-state index contributed by atoms with van der Waals surface area (Å²) in [6, 6.07) is 9.58. The number of benzene rings is 2. The van der Waals surface area contributed by atoms with E-state index in [2.05, 4.69) is 4.90 Å². The summed E-state index contributed by atoms with van der Waals surface area (Å²) in [6.07, 6.45) is 0. The Labute approximate surface area is 159 Å². The van der Waals surface area contributed by atoms with E-state index in [1.54, 1.807) is 16.2 Å². The molecule has 0 spiro atoms. The lowest BCUT2D eigenvalue weighted by Crippen LogP contribution is -2.48. The predicted molar refractivity (Wildman–Crippen MR) is 104 cm³/mol. The van der Waals surface area contributed by atoms with Crippen LogP contribution in [0.25, 0.3) is 10.2 Å². The van der Waals surface area contributed by atoms with Gasteiger partial charge in [-0.1, -0.05) is 29.0 Å². The lowest BCUT2D eigenvalue weighted by molar-refractivity contribution is 0.0746. The Bertz CT molecular complexity index is 926. The average Bonchev–Trinajstić information content (AvgIpc) is 3.12. The minimum atomic E-state index is -0.337. The number of halogens is 2. The molecule has 1 saturated heterocycles. The van der Waals surface area contributed by atoms with Crippen LogP contribution < -0.4 is 4.90 Å². The summed E-state index contributed by atoms with van der Waals surface area (Å²) in [7, 11) is 0. The van der Waals surface area contributed by atoms with Crippen molar-refractivity contribution in [1.29, 1.82) is 0 Å². The molecular weight excluding hydrogens is 373 g/mol. The van der Waals surface area contributed by atoms with Crippen molar-refractivity contribution in [3.05, 3.63) is 58.4 Å². The van der Waals surface area contributed by atoms with Crippen molar-refractivity contribution in [2.24, 2.45) is 0 Å². The largest absolute Gasteiger partial charge is 0.345 e. The number of aryl methyl sites for hydroxylation is 1. The second-order valence-electron chi connectivity index (χ2n) is 6.32. The van der Waals surface area contributed by atoms with Crippen molar-refractivity contribution in [2.75, 3.05) is 31.1 Å². The van der Waals surface area contributed by atoms with Crippen LogP contribution in [0, 0.1) is 12.7 Å². The van der Waals surface area contributed by atoms with E-state index in [1.807, 2.05) is 19.1 Å². The number of aromatic nitrogens is 1. The van der Waals surface area contributed by atoms with E-state index in [0.29, 0.717) is 31.7 Å². The fourth-order valence-electron chi connectivity index (χ4n) is 3.10. The molecule has 4 rings (SSSR count). The number of hydrogen-bond donors (Lipinski definition) is 0. The molecule has 26 heavy (non-hydrogen) atoms. The zero-order chi connectivity index (χ0) is 18.3. The fraction of sp³-hybridized carbons (Fsp3) is 0.263. The molecule has 3 aromatic rings. The highest BCUT2D eigenvalue weighted by molar-refractivity contribution is 7.22. The second-order valence-corrected chi connectivity index (χ2v) is 7.71. The Morgan fingerprint density at radius 3 is 2.46 bits per heavy atom. The molecule has 0 bridgehead atoms. The third kappa shape index (κ3) is 3.15. The van der Waals surface area contributed by atoms with Crippen molar-refractivity contribution in [1.82, 2.24) is 9.88 Å². The van der Waals surface area contributed by atoms with Gasteiger partial charge >= 0.3 is 0 Å². The van der Waals surface area contributed by atoms with Crippen LogP contribution >= 0.6 is 22.9 Å². The van der Waals surface area contributed by atoms with E-state index >= 15 is 0 Å². The number of thiazole rings is 1. The molecule has 0 saturated carbocycles. The molecule has 1 aliphatic heterocycles. The predicted octanol–water partition coefficient (Wildman–Crippen LogP) is 4.36. The molecule has 0 unspecified atom stereocenters. The highest BCUT2D eigenvalue weighted by Crippen LogP contribution is 2.35. The van der Waals surface area contributed by atoms with Gasteiger partial charge in [0.1, 0.15) is 5.82 Å². The number of carbonyl (C=O) groups is 1. The number of hydrogen-bond acceptors (Lipinski definition) is 4. The van der Waals surface area contributed by atoms with Gasteiger partial charge < -0.3 is 9.80 Å². The van der Waals surface area contributed by atoms with Gasteiger partial charge in [0.25, 0.3) is 5.91 Å². The number of fused-ring (bicyclic) bond motifs is 1. The molecule has 134 valence electrons. The summed E-state index contributed by atoms with van der Waals surface area (Å²) < 4.78 is 14.0. The molecular formula is C19H17ClFN3OS. The van der Waals surface area contributed by atoms with Gasteiger partial charge in [-0.2, -0.15) is 0 Å². The van der Waals surface area contributed by atoms with Crippen LogP contribution in [0.4, 0.5) is 9.52 Å². The normalized spacial score (nSPS) is 14.9. The Kier molecular flexibility index (Phi) is 4.54. The molecule has 2 heterocycles. The van der Waals surface area contributed by atoms with Gasteiger partial charge in [-0.3, -0.25) is 4.79 Å². The van der Waals surface area contributed by atoms with Crippen LogP contribution in [0.3, 0.4) is 0 Å². The smallest absolute Gasteiger partial charge is 0.253 e. The molecule has 0 atom stereocenters. The van der Waals surface area contributed by atoms with Crippen LogP contribution in [-0.4, -0.2) is 42.0 Å². The highest BCUT2D eigenvalue weighted by Gasteiger charge is 2.24. The maximum atomic E-state index is 13.0. The van der Waals surface area contributed by atoms with Gasteiger partial charge in [-0.05, 0) is 42.8 Å². The summed E-state index contributed by atoms with van der Waals surface area (Å²) in [4.78, 5) is 21.3. The van der Waals surface area contributed by atoms with Gasteiger partial charge in [0.05, 0.1) is 15.2 Å². The molecule has 1 fully saturated rings. The minimum absolute atomic E-state index is 0.0622. The number of nitrogens with zero attached hydrogens (tertiary/aromatic N) is 3. The molecule has 0 radical (unpaired) electrons. The van der Waals surface area contributed by atoms with Gasteiger partial charge in [0, 0.05) is 31.7 Å². The molecule has 0 aliphatic carbocycles. The lowest BCUT2D eigenvalue weighted by atomic mass is 10.2. The first-order valence-electron chi connectivity index (χ1n) is 8.38. The van der Waals surface area contributed by atoms with Gasteiger partial charge in [0.2, 0.25) is 0 Å². The van der Waals surface area contributed by atoms with Crippen molar-refractivity contribution >= 4 is 44.2 Å². The maximum absolute atomic E-state index is 13.0. The molecule has 1 aliphatic rings. The Morgan fingerprint density at radius 1 is 1.12 bits per heavy atom. The van der Waals surface area contributed by atoms with Crippen LogP contribution in [-0.2, 0) is 0 Å². The SMILES string of the molecule is Cc1ccc(Cl)c2sc(N3CCN(C(=O)c4ccc(F)cc4)CC3)nc12. The van der Waals surface area contributed by atoms with E-state index < -0.39 is 0 Å². The quantitative estimate of drug-likeness (QED) is 0.653. The molecule has 4 nitrogen and oxygen atoms in total. The number of piperazine rings is 1. The van der Waals surface area contributed by atoms with Crippen LogP contribution in [0.5, 0.6) is 0 Å². The monoisotopic (exact) mass is 389 g/mol. The topological polar surface area (TPSA) is 36.4 Å². The molecule has 7 heteroatoms. The average molecular weight is 390 g/mol. The summed E-state index contributed by atoms with van der Waals surface area (Å²) in [5.41, 5.74) is 2.57. The summed E-state index contributed by atoms with van der Waals surface area (Å²) >= 11 is 7.89. The Hall–Kier alpha value is -2.18. The highest BCUT2D eigenvalue weighted by atomic mass is 35.5.